The monoisotopic (exact) mass is 331 g/mol. The molecule has 1 aliphatic heterocycles. The van der Waals surface area contributed by atoms with E-state index in [1.807, 2.05) is 6.92 Å². The average molecular weight is 331 g/mol. The Balaban J connectivity index is 1.78. The Bertz CT molecular complexity index is 667. The number of rotatable bonds is 7. The Labute approximate surface area is 142 Å². The molecule has 0 unspecified atom stereocenters. The first-order valence-corrected chi connectivity index (χ1v) is 8.69. The lowest BCUT2D eigenvalue weighted by atomic mass is 10.0. The summed E-state index contributed by atoms with van der Waals surface area (Å²) >= 11 is 0. The van der Waals surface area contributed by atoms with Crippen LogP contribution in [-0.2, 0) is 17.7 Å². The van der Waals surface area contributed by atoms with Crippen LogP contribution >= 0.6 is 0 Å². The van der Waals surface area contributed by atoms with Gasteiger partial charge in [-0.1, -0.05) is 12.1 Å². The lowest BCUT2D eigenvalue weighted by molar-refractivity contribution is 0.193. The van der Waals surface area contributed by atoms with Crippen LogP contribution < -0.4 is 4.90 Å². The summed E-state index contributed by atoms with van der Waals surface area (Å²) in [6.07, 6.45) is 2.84. The lowest BCUT2D eigenvalue weighted by Gasteiger charge is -2.21. The molecule has 7 nitrogen and oxygen atoms in total. The minimum atomic E-state index is 0.366. The molecule has 0 saturated carbocycles. The number of hydrogen-bond acceptors (Lipinski definition) is 7. The van der Waals surface area contributed by atoms with E-state index in [1.165, 1.54) is 0 Å². The zero-order valence-corrected chi connectivity index (χ0v) is 14.7. The van der Waals surface area contributed by atoms with Gasteiger partial charge in [0.25, 0.3) is 0 Å². The number of nitrogens with zero attached hydrogens (tertiary/aromatic N) is 5. The van der Waals surface area contributed by atoms with Gasteiger partial charge in [-0.15, -0.1) is 0 Å². The number of anilines is 1. The molecule has 2 aromatic heterocycles. The maximum absolute atomic E-state index is 5.49. The zero-order valence-electron chi connectivity index (χ0n) is 14.7. The predicted molar refractivity (Wildman–Crippen MR) is 90.0 cm³/mol. The van der Waals surface area contributed by atoms with E-state index in [-0.39, 0.29) is 0 Å². The van der Waals surface area contributed by atoms with Crippen LogP contribution in [0.25, 0.3) is 0 Å². The minimum Gasteiger partial charge on any atom is -0.381 e. The van der Waals surface area contributed by atoms with Crippen molar-refractivity contribution in [2.24, 2.45) is 0 Å². The molecule has 1 aliphatic rings. The van der Waals surface area contributed by atoms with Crippen molar-refractivity contribution < 1.29 is 9.26 Å². The van der Waals surface area contributed by atoms with E-state index in [0.29, 0.717) is 24.2 Å². The fraction of sp³-hybridized carbons (Fsp3) is 0.647. The highest BCUT2D eigenvalue weighted by atomic mass is 16.5. The van der Waals surface area contributed by atoms with Gasteiger partial charge in [0.1, 0.15) is 11.6 Å². The molecule has 3 rings (SSSR count). The highest BCUT2D eigenvalue weighted by Crippen LogP contribution is 2.26. The molecule has 24 heavy (non-hydrogen) atoms. The first-order valence-electron chi connectivity index (χ1n) is 8.69. The Kier molecular flexibility index (Phi) is 5.40. The smallest absolute Gasteiger partial charge is 0.226 e. The summed E-state index contributed by atoms with van der Waals surface area (Å²) in [6.45, 7) is 9.08. The topological polar surface area (TPSA) is 77.2 Å². The van der Waals surface area contributed by atoms with Crippen LogP contribution in [0.1, 0.15) is 55.8 Å². The Morgan fingerprint density at radius 2 is 2.12 bits per heavy atom. The molecule has 3 heterocycles. The van der Waals surface area contributed by atoms with Gasteiger partial charge in [0.2, 0.25) is 5.89 Å². The Hall–Kier alpha value is -2.02. The molecule has 130 valence electrons. The van der Waals surface area contributed by atoms with Gasteiger partial charge in [0.15, 0.2) is 5.82 Å². The Morgan fingerprint density at radius 1 is 1.25 bits per heavy atom. The van der Waals surface area contributed by atoms with Gasteiger partial charge in [-0.05, 0) is 26.7 Å². The van der Waals surface area contributed by atoms with Crippen molar-refractivity contribution in [3.8, 4) is 0 Å². The van der Waals surface area contributed by atoms with Crippen molar-refractivity contribution in [2.75, 3.05) is 24.7 Å². The number of ether oxygens (including phenoxy) is 1. The molecule has 7 heteroatoms. The third kappa shape index (κ3) is 3.90. The molecule has 0 bridgehead atoms. The van der Waals surface area contributed by atoms with Gasteiger partial charge in [-0.25, -0.2) is 9.97 Å². The summed E-state index contributed by atoms with van der Waals surface area (Å²) in [5, 5.41) is 4.08. The number of aryl methyl sites for hydroxylation is 2. The van der Waals surface area contributed by atoms with Crippen LogP contribution in [0.15, 0.2) is 10.6 Å². The Morgan fingerprint density at radius 3 is 2.83 bits per heavy atom. The van der Waals surface area contributed by atoms with E-state index in [4.69, 9.17) is 9.26 Å². The van der Waals surface area contributed by atoms with Gasteiger partial charge in [-0.3, -0.25) is 0 Å². The van der Waals surface area contributed by atoms with Crippen molar-refractivity contribution in [1.29, 1.82) is 0 Å². The largest absolute Gasteiger partial charge is 0.381 e. The van der Waals surface area contributed by atoms with Crippen molar-refractivity contribution in [3.05, 3.63) is 29.3 Å². The standard InChI is InChI=1S/C17H25N5O2/c1-4-6-17-20-15(21-24-17)10-22(5-2)16-9-14(18-12(3)19-16)13-7-8-23-11-13/h9,13H,4-8,10-11H2,1-3H3/t13-/m0/s1. The van der Waals surface area contributed by atoms with Crippen molar-refractivity contribution >= 4 is 5.82 Å². The van der Waals surface area contributed by atoms with Gasteiger partial charge in [-0.2, -0.15) is 4.98 Å². The summed E-state index contributed by atoms with van der Waals surface area (Å²) in [6, 6.07) is 2.07. The molecular weight excluding hydrogens is 306 g/mol. The molecule has 2 aromatic rings. The van der Waals surface area contributed by atoms with Crippen molar-refractivity contribution in [3.63, 3.8) is 0 Å². The molecule has 0 spiro atoms. The molecule has 1 saturated heterocycles. The number of hydrogen-bond donors (Lipinski definition) is 0. The molecule has 0 aromatic carbocycles. The maximum Gasteiger partial charge on any atom is 0.226 e. The average Bonchev–Trinajstić information content (AvgIpc) is 3.24. The summed E-state index contributed by atoms with van der Waals surface area (Å²) in [7, 11) is 0. The zero-order chi connectivity index (χ0) is 16.9. The van der Waals surface area contributed by atoms with Gasteiger partial charge in [0, 0.05) is 31.6 Å². The van der Waals surface area contributed by atoms with Crippen LogP contribution in [0.3, 0.4) is 0 Å². The third-order valence-corrected chi connectivity index (χ3v) is 4.20. The molecule has 1 atom stereocenters. The molecular formula is C17H25N5O2. The first kappa shape index (κ1) is 16.8. The van der Waals surface area contributed by atoms with E-state index < -0.39 is 0 Å². The second-order valence-corrected chi connectivity index (χ2v) is 6.13. The highest BCUT2D eigenvalue weighted by Gasteiger charge is 2.21. The van der Waals surface area contributed by atoms with Gasteiger partial charge < -0.3 is 14.2 Å². The van der Waals surface area contributed by atoms with Crippen molar-refractivity contribution in [1.82, 2.24) is 20.1 Å². The van der Waals surface area contributed by atoms with E-state index in [1.54, 1.807) is 0 Å². The van der Waals surface area contributed by atoms with E-state index in [2.05, 4.69) is 44.9 Å². The quantitative estimate of drug-likeness (QED) is 0.772. The summed E-state index contributed by atoms with van der Waals surface area (Å²) in [4.78, 5) is 15.8. The SMILES string of the molecule is CCCc1nc(CN(CC)c2cc([C@H]3CCOC3)nc(C)n2)no1. The van der Waals surface area contributed by atoms with E-state index in [0.717, 1.165) is 56.4 Å². The lowest BCUT2D eigenvalue weighted by Crippen LogP contribution is -2.24. The maximum atomic E-state index is 5.49. The summed E-state index contributed by atoms with van der Waals surface area (Å²) < 4.78 is 10.8. The molecule has 1 fully saturated rings. The summed E-state index contributed by atoms with van der Waals surface area (Å²) in [5.41, 5.74) is 1.06. The van der Waals surface area contributed by atoms with Gasteiger partial charge in [0.05, 0.1) is 18.8 Å². The van der Waals surface area contributed by atoms with E-state index >= 15 is 0 Å². The van der Waals surface area contributed by atoms with E-state index in [9.17, 15) is 0 Å². The van der Waals surface area contributed by atoms with Crippen molar-refractivity contribution in [2.45, 2.75) is 52.5 Å². The van der Waals surface area contributed by atoms with Crippen LogP contribution in [0.4, 0.5) is 5.82 Å². The predicted octanol–water partition coefficient (Wildman–Crippen LogP) is 2.65. The third-order valence-electron chi connectivity index (χ3n) is 4.20. The minimum absolute atomic E-state index is 0.366. The molecule has 0 amide bonds. The highest BCUT2D eigenvalue weighted by molar-refractivity contribution is 5.40. The van der Waals surface area contributed by atoms with Crippen LogP contribution in [0.5, 0.6) is 0 Å². The molecule has 0 radical (unpaired) electrons. The summed E-state index contributed by atoms with van der Waals surface area (Å²) in [5.74, 6) is 3.46. The molecule has 0 aliphatic carbocycles. The second-order valence-electron chi connectivity index (χ2n) is 6.13. The van der Waals surface area contributed by atoms with Crippen LogP contribution in [-0.4, -0.2) is 39.9 Å². The molecule has 0 N–H and O–H groups in total. The van der Waals surface area contributed by atoms with Crippen LogP contribution in [0, 0.1) is 6.92 Å². The first-order chi connectivity index (χ1) is 11.7. The number of aromatic nitrogens is 4. The fourth-order valence-corrected chi connectivity index (χ4v) is 2.91. The van der Waals surface area contributed by atoms with Crippen LogP contribution in [0.2, 0.25) is 0 Å². The normalized spacial score (nSPS) is 17.4. The fourth-order valence-electron chi connectivity index (χ4n) is 2.91. The van der Waals surface area contributed by atoms with Gasteiger partial charge >= 0.3 is 0 Å². The second kappa shape index (κ2) is 7.70.